The smallest absolute Gasteiger partial charge is 0.343 e. The third-order valence-electron chi connectivity index (χ3n) is 4.47. The summed E-state index contributed by atoms with van der Waals surface area (Å²) in [6, 6.07) is 13.7. The summed E-state index contributed by atoms with van der Waals surface area (Å²) in [5, 5.41) is 19.0. The number of quaternary nitrogens is 1. The quantitative estimate of drug-likeness (QED) is 0.277. The van der Waals surface area contributed by atoms with Gasteiger partial charge in [-0.3, -0.25) is 4.79 Å². The number of Topliss-reactive ketones (excluding diaryl/α,β-unsaturated/α-hetero) is 1. The first-order chi connectivity index (χ1) is 14.8. The molecule has 1 aliphatic rings. The standard InChI is InChI=1S/C22H13ClFNO6/c23-17-5-2-6-18(24)16(17)11-20-21(26)15-8-7-14(10-19(15)31-20)30-22(27)12-3-1-4-13(9-12)25(28)29/h1-11,25,28H. The maximum Gasteiger partial charge on any atom is 0.343 e. The van der Waals surface area contributed by atoms with E-state index in [1.165, 1.54) is 66.7 Å². The Bertz CT molecular complexity index is 1220. The summed E-state index contributed by atoms with van der Waals surface area (Å²) < 4.78 is 24.8. The van der Waals surface area contributed by atoms with Gasteiger partial charge in [-0.25, -0.2) is 14.4 Å². The van der Waals surface area contributed by atoms with Gasteiger partial charge in [0.2, 0.25) is 5.78 Å². The van der Waals surface area contributed by atoms with Crippen molar-refractivity contribution in [3.05, 3.63) is 99.2 Å². The predicted molar refractivity (Wildman–Crippen MR) is 108 cm³/mol. The van der Waals surface area contributed by atoms with Crippen molar-refractivity contribution in [2.45, 2.75) is 0 Å². The van der Waals surface area contributed by atoms with E-state index < -0.39 is 22.8 Å². The molecular weight excluding hydrogens is 429 g/mol. The second-order valence-electron chi connectivity index (χ2n) is 6.51. The van der Waals surface area contributed by atoms with Gasteiger partial charge in [0.1, 0.15) is 17.3 Å². The highest BCUT2D eigenvalue weighted by atomic mass is 35.5. The lowest BCUT2D eigenvalue weighted by Gasteiger charge is -2.12. The molecule has 3 aromatic rings. The Morgan fingerprint density at radius 2 is 1.94 bits per heavy atom. The Balaban J connectivity index is 1.57. The maximum absolute atomic E-state index is 14.0. The zero-order valence-electron chi connectivity index (χ0n) is 15.6. The van der Waals surface area contributed by atoms with Gasteiger partial charge in [0.25, 0.3) is 0 Å². The fourth-order valence-corrected chi connectivity index (χ4v) is 3.17. The number of carbonyl (C=O) groups is 2. The molecule has 0 radical (unpaired) electrons. The molecule has 0 bridgehead atoms. The molecule has 1 aliphatic heterocycles. The number of esters is 1. The molecule has 156 valence electrons. The summed E-state index contributed by atoms with van der Waals surface area (Å²) in [6.45, 7) is 0. The minimum absolute atomic E-state index is 0.0188. The summed E-state index contributed by atoms with van der Waals surface area (Å²) in [4.78, 5) is 24.9. The van der Waals surface area contributed by atoms with E-state index in [0.717, 1.165) is 0 Å². The van der Waals surface area contributed by atoms with Crippen molar-refractivity contribution in [3.63, 3.8) is 0 Å². The van der Waals surface area contributed by atoms with Gasteiger partial charge in [-0.15, -0.1) is 0 Å². The molecule has 1 heterocycles. The average molecular weight is 442 g/mol. The normalized spacial score (nSPS) is 14.8. The largest absolute Gasteiger partial charge is 0.595 e. The summed E-state index contributed by atoms with van der Waals surface area (Å²) in [7, 11) is 0. The first-order valence-corrected chi connectivity index (χ1v) is 9.29. The minimum atomic E-state index is -1.17. The first-order valence-electron chi connectivity index (χ1n) is 8.91. The van der Waals surface area contributed by atoms with Crippen molar-refractivity contribution < 1.29 is 33.9 Å². The lowest BCUT2D eigenvalue weighted by molar-refractivity contribution is -0.991. The van der Waals surface area contributed by atoms with Crippen LogP contribution in [0.2, 0.25) is 5.02 Å². The van der Waals surface area contributed by atoms with Gasteiger partial charge >= 0.3 is 5.97 Å². The molecule has 7 nitrogen and oxygen atoms in total. The van der Waals surface area contributed by atoms with Crippen molar-refractivity contribution in [2.75, 3.05) is 0 Å². The lowest BCUT2D eigenvalue weighted by Crippen LogP contribution is -2.99. The minimum Gasteiger partial charge on any atom is -0.595 e. The van der Waals surface area contributed by atoms with Crippen molar-refractivity contribution in [3.8, 4) is 11.5 Å². The summed E-state index contributed by atoms with van der Waals surface area (Å²) in [5.41, 5.74) is 0.225. The summed E-state index contributed by atoms with van der Waals surface area (Å²) >= 11 is 5.99. The molecule has 0 aromatic heterocycles. The molecule has 2 N–H and O–H groups in total. The fourth-order valence-electron chi connectivity index (χ4n) is 2.96. The molecule has 4 rings (SSSR count). The summed E-state index contributed by atoms with van der Waals surface area (Å²) in [5.74, 6) is -1.76. The molecule has 3 aromatic carbocycles. The van der Waals surface area contributed by atoms with Gasteiger partial charge in [-0.05, 0) is 36.4 Å². The van der Waals surface area contributed by atoms with Gasteiger partial charge in [-0.2, -0.15) is 5.23 Å². The zero-order chi connectivity index (χ0) is 22.1. The lowest BCUT2D eigenvalue weighted by atomic mass is 10.1. The van der Waals surface area contributed by atoms with Crippen molar-refractivity contribution in [1.82, 2.24) is 0 Å². The Morgan fingerprint density at radius 1 is 1.16 bits per heavy atom. The predicted octanol–water partition coefficient (Wildman–Crippen LogP) is 3.72. The molecule has 0 aliphatic carbocycles. The molecule has 0 saturated heterocycles. The molecule has 9 heteroatoms. The molecule has 0 amide bonds. The number of nitrogens with one attached hydrogen (secondary N) is 1. The number of ketones is 1. The average Bonchev–Trinajstić information content (AvgIpc) is 3.05. The number of hydrogen-bond acceptors (Lipinski definition) is 6. The highest BCUT2D eigenvalue weighted by Crippen LogP contribution is 2.36. The molecule has 31 heavy (non-hydrogen) atoms. The van der Waals surface area contributed by atoms with Crippen LogP contribution >= 0.6 is 11.6 Å². The van der Waals surface area contributed by atoms with Gasteiger partial charge in [0.05, 0.1) is 16.1 Å². The highest BCUT2D eigenvalue weighted by molar-refractivity contribution is 6.32. The van der Waals surface area contributed by atoms with E-state index in [9.17, 15) is 19.2 Å². The van der Waals surface area contributed by atoms with Crippen LogP contribution in [0.25, 0.3) is 6.08 Å². The topological polar surface area (TPSA) is 100 Å². The first kappa shape index (κ1) is 20.7. The maximum atomic E-state index is 14.0. The van der Waals surface area contributed by atoms with E-state index >= 15 is 0 Å². The monoisotopic (exact) mass is 441 g/mol. The van der Waals surface area contributed by atoms with Crippen LogP contribution in [-0.2, 0) is 0 Å². The van der Waals surface area contributed by atoms with E-state index in [1.54, 1.807) is 0 Å². The number of hydrogen-bond donors (Lipinski definition) is 2. The molecular formula is C22H13ClFNO6. The van der Waals surface area contributed by atoms with Gasteiger partial charge in [0.15, 0.2) is 11.4 Å². The van der Waals surface area contributed by atoms with Gasteiger partial charge in [0, 0.05) is 23.8 Å². The second-order valence-corrected chi connectivity index (χ2v) is 6.92. The van der Waals surface area contributed by atoms with Crippen molar-refractivity contribution >= 4 is 35.1 Å². The molecule has 0 saturated carbocycles. The van der Waals surface area contributed by atoms with E-state index in [2.05, 4.69) is 0 Å². The van der Waals surface area contributed by atoms with E-state index in [1.807, 2.05) is 0 Å². The number of ether oxygens (including phenoxy) is 2. The Morgan fingerprint density at radius 3 is 2.68 bits per heavy atom. The van der Waals surface area contributed by atoms with Crippen LogP contribution < -0.4 is 14.7 Å². The SMILES string of the molecule is O=C(Oc1ccc2c(c1)OC(=Cc1c(F)cccc1Cl)C2=O)c1cccc([NH+]([O-])O)c1. The van der Waals surface area contributed by atoms with Crippen LogP contribution in [0.1, 0.15) is 26.3 Å². The van der Waals surface area contributed by atoms with Crippen LogP contribution in [0.4, 0.5) is 10.1 Å². The second kappa shape index (κ2) is 8.29. The molecule has 0 spiro atoms. The van der Waals surface area contributed by atoms with E-state index in [0.29, 0.717) is 0 Å². The van der Waals surface area contributed by atoms with Crippen molar-refractivity contribution in [2.24, 2.45) is 0 Å². The van der Waals surface area contributed by atoms with Crippen LogP contribution in [0, 0.1) is 11.0 Å². The Kier molecular flexibility index (Phi) is 5.53. The van der Waals surface area contributed by atoms with Crippen molar-refractivity contribution in [1.29, 1.82) is 0 Å². The van der Waals surface area contributed by atoms with Crippen LogP contribution in [0.5, 0.6) is 11.5 Å². The number of halogens is 2. The summed E-state index contributed by atoms with van der Waals surface area (Å²) in [6.07, 6.45) is 1.21. The third kappa shape index (κ3) is 4.18. The molecule has 0 fully saturated rings. The third-order valence-corrected chi connectivity index (χ3v) is 4.80. The number of carbonyl (C=O) groups excluding carboxylic acids is 2. The number of rotatable bonds is 4. The van der Waals surface area contributed by atoms with Crippen LogP contribution in [0.3, 0.4) is 0 Å². The molecule has 1 unspecified atom stereocenters. The highest BCUT2D eigenvalue weighted by Gasteiger charge is 2.28. The van der Waals surface area contributed by atoms with E-state index in [-0.39, 0.29) is 44.7 Å². The van der Waals surface area contributed by atoms with Gasteiger partial charge in [-0.1, -0.05) is 23.7 Å². The van der Waals surface area contributed by atoms with E-state index in [4.69, 9.17) is 26.3 Å². The number of allylic oxidation sites excluding steroid dienone is 1. The van der Waals surface area contributed by atoms with Gasteiger partial charge < -0.3 is 14.7 Å². The Hall–Kier alpha value is -3.56. The molecule has 1 atom stereocenters. The Labute approximate surface area is 180 Å². The fraction of sp³-hybridized carbons (Fsp3) is 0. The number of fused-ring (bicyclic) bond motifs is 1. The number of benzene rings is 3. The van der Waals surface area contributed by atoms with Crippen LogP contribution in [0.15, 0.2) is 66.4 Å². The van der Waals surface area contributed by atoms with Crippen LogP contribution in [-0.4, -0.2) is 17.0 Å². The zero-order valence-corrected chi connectivity index (χ0v) is 16.4.